The van der Waals surface area contributed by atoms with E-state index in [4.69, 9.17) is 6.57 Å². The largest absolute Gasteiger partial charge is 0.317 e. The molecule has 0 aromatic heterocycles. The average molecular weight is 257 g/mol. The van der Waals surface area contributed by atoms with Crippen LogP contribution in [0, 0.1) is 6.57 Å². The van der Waals surface area contributed by atoms with Crippen LogP contribution in [0.3, 0.4) is 0 Å². The van der Waals surface area contributed by atoms with Gasteiger partial charge in [0.2, 0.25) is 6.54 Å². The molecule has 3 heteroatoms. The van der Waals surface area contributed by atoms with Gasteiger partial charge < -0.3 is 9.74 Å². The third-order valence-corrected chi connectivity index (χ3v) is 3.82. The molecule has 0 aliphatic carbocycles. The molecule has 0 bridgehead atoms. The molecule has 1 fully saturated rings. The third-order valence-electron chi connectivity index (χ3n) is 3.82. The minimum absolute atomic E-state index is 0.599. The van der Waals surface area contributed by atoms with Crippen molar-refractivity contribution in [2.45, 2.75) is 25.9 Å². The fourth-order valence-corrected chi connectivity index (χ4v) is 2.70. The molecule has 1 saturated heterocycles. The van der Waals surface area contributed by atoms with E-state index in [-0.39, 0.29) is 0 Å². The number of hydrogen-bond donors (Lipinski definition) is 0. The molecule has 2 rings (SSSR count). The van der Waals surface area contributed by atoms with Gasteiger partial charge in [-0.1, -0.05) is 30.3 Å². The van der Waals surface area contributed by atoms with Crippen LogP contribution in [0.15, 0.2) is 30.3 Å². The van der Waals surface area contributed by atoms with Crippen molar-refractivity contribution in [3.05, 3.63) is 47.3 Å². The summed E-state index contributed by atoms with van der Waals surface area (Å²) in [6, 6.07) is 11.3. The Kier molecular flexibility index (Phi) is 5.38. The van der Waals surface area contributed by atoms with Crippen LogP contribution in [0.25, 0.3) is 4.85 Å². The van der Waals surface area contributed by atoms with E-state index in [0.717, 1.165) is 39.1 Å². The highest BCUT2D eigenvalue weighted by Gasteiger charge is 2.23. The van der Waals surface area contributed by atoms with Crippen molar-refractivity contribution in [2.75, 3.05) is 32.7 Å². The van der Waals surface area contributed by atoms with Crippen LogP contribution in [-0.2, 0) is 6.54 Å². The Morgan fingerprint density at radius 1 is 1.26 bits per heavy atom. The average Bonchev–Trinajstić information content (AvgIpc) is 2.43. The van der Waals surface area contributed by atoms with Crippen LogP contribution in [0.2, 0.25) is 0 Å². The maximum absolute atomic E-state index is 6.81. The predicted molar refractivity (Wildman–Crippen MR) is 78.8 cm³/mol. The van der Waals surface area contributed by atoms with Gasteiger partial charge in [-0.05, 0) is 12.5 Å². The molecule has 1 aliphatic rings. The lowest BCUT2D eigenvalue weighted by molar-refractivity contribution is 0.0777. The van der Waals surface area contributed by atoms with Gasteiger partial charge in [0.1, 0.15) is 0 Å². The smallest absolute Gasteiger partial charge is 0.215 e. The fraction of sp³-hybridized carbons (Fsp3) is 0.562. The van der Waals surface area contributed by atoms with Crippen molar-refractivity contribution in [3.63, 3.8) is 0 Å². The molecule has 0 radical (unpaired) electrons. The summed E-state index contributed by atoms with van der Waals surface area (Å²) in [7, 11) is 0. The van der Waals surface area contributed by atoms with Gasteiger partial charge in [-0.2, -0.15) is 0 Å². The first-order valence-electron chi connectivity index (χ1n) is 7.13. The standard InChI is InChI=1S/C16H23N3/c1-15-13-18(10-6-9-17-2)11-12-19(15)14-16-7-4-3-5-8-16/h3-5,7-8,15H,6,9-14H2,1H3. The van der Waals surface area contributed by atoms with Gasteiger partial charge in [-0.3, -0.25) is 4.90 Å². The Balaban J connectivity index is 1.79. The molecular formula is C16H23N3. The van der Waals surface area contributed by atoms with Crippen LogP contribution < -0.4 is 0 Å². The highest BCUT2D eigenvalue weighted by atomic mass is 15.3. The minimum atomic E-state index is 0.599. The normalized spacial score (nSPS) is 21.2. The van der Waals surface area contributed by atoms with Crippen molar-refractivity contribution in [3.8, 4) is 0 Å². The van der Waals surface area contributed by atoms with Gasteiger partial charge in [-0.15, -0.1) is 0 Å². The SMILES string of the molecule is [C-]#[N+]CCCN1CCN(Cc2ccccc2)C(C)C1. The zero-order chi connectivity index (χ0) is 13.5. The second-order valence-corrected chi connectivity index (χ2v) is 5.34. The monoisotopic (exact) mass is 257 g/mol. The van der Waals surface area contributed by atoms with E-state index in [1.54, 1.807) is 0 Å². The highest BCUT2D eigenvalue weighted by Crippen LogP contribution is 2.13. The van der Waals surface area contributed by atoms with E-state index in [2.05, 4.69) is 51.9 Å². The van der Waals surface area contributed by atoms with Gasteiger partial charge in [0.05, 0.1) is 0 Å². The van der Waals surface area contributed by atoms with Crippen molar-refractivity contribution in [2.24, 2.45) is 0 Å². The quantitative estimate of drug-likeness (QED) is 0.593. The van der Waals surface area contributed by atoms with E-state index < -0.39 is 0 Å². The number of hydrogen-bond acceptors (Lipinski definition) is 2. The fourth-order valence-electron chi connectivity index (χ4n) is 2.70. The molecule has 0 N–H and O–H groups in total. The molecule has 102 valence electrons. The van der Waals surface area contributed by atoms with Gasteiger partial charge in [0, 0.05) is 45.2 Å². The van der Waals surface area contributed by atoms with Gasteiger partial charge >= 0.3 is 0 Å². The summed E-state index contributed by atoms with van der Waals surface area (Å²) >= 11 is 0. The third kappa shape index (κ3) is 4.34. The Bertz CT molecular complexity index is 410. The van der Waals surface area contributed by atoms with Crippen molar-refractivity contribution in [1.29, 1.82) is 0 Å². The first-order chi connectivity index (χ1) is 9.29. The number of nitrogens with zero attached hydrogens (tertiary/aromatic N) is 3. The predicted octanol–water partition coefficient (Wildman–Crippen LogP) is 2.50. The van der Waals surface area contributed by atoms with Crippen molar-refractivity contribution < 1.29 is 0 Å². The number of rotatable bonds is 5. The highest BCUT2D eigenvalue weighted by molar-refractivity contribution is 5.14. The summed E-state index contributed by atoms with van der Waals surface area (Å²) in [5, 5.41) is 0. The molecule has 19 heavy (non-hydrogen) atoms. The van der Waals surface area contributed by atoms with Crippen LogP contribution in [0.4, 0.5) is 0 Å². The first kappa shape index (κ1) is 14.0. The number of piperazine rings is 1. The molecule has 3 nitrogen and oxygen atoms in total. The molecule has 1 heterocycles. The summed E-state index contributed by atoms with van der Waals surface area (Å²) in [5.41, 5.74) is 1.40. The zero-order valence-electron chi connectivity index (χ0n) is 11.8. The van der Waals surface area contributed by atoms with E-state index in [1.165, 1.54) is 5.56 Å². The van der Waals surface area contributed by atoms with Gasteiger partial charge in [0.15, 0.2) is 0 Å². The second kappa shape index (κ2) is 7.28. The maximum Gasteiger partial charge on any atom is 0.215 e. The summed E-state index contributed by atoms with van der Waals surface area (Å²) in [4.78, 5) is 8.48. The van der Waals surface area contributed by atoms with Crippen molar-refractivity contribution in [1.82, 2.24) is 9.80 Å². The number of benzene rings is 1. The van der Waals surface area contributed by atoms with E-state index in [9.17, 15) is 0 Å². The van der Waals surface area contributed by atoms with Crippen molar-refractivity contribution >= 4 is 0 Å². The maximum atomic E-state index is 6.81. The molecule has 0 amide bonds. The Morgan fingerprint density at radius 2 is 2.05 bits per heavy atom. The topological polar surface area (TPSA) is 10.8 Å². The molecule has 1 atom stereocenters. The summed E-state index contributed by atoms with van der Waals surface area (Å²) in [5.74, 6) is 0. The Morgan fingerprint density at radius 3 is 2.74 bits per heavy atom. The van der Waals surface area contributed by atoms with Gasteiger partial charge in [0.25, 0.3) is 0 Å². The molecule has 1 unspecified atom stereocenters. The van der Waals surface area contributed by atoms with Crippen LogP contribution in [0.1, 0.15) is 18.9 Å². The molecular weight excluding hydrogens is 234 g/mol. The Labute approximate surface area is 116 Å². The lowest BCUT2D eigenvalue weighted by Crippen LogP contribution is -2.51. The van der Waals surface area contributed by atoms with Crippen LogP contribution >= 0.6 is 0 Å². The molecule has 1 aliphatic heterocycles. The molecule has 1 aromatic rings. The summed E-state index contributed by atoms with van der Waals surface area (Å²) < 4.78 is 0. The Hall–Kier alpha value is -1.37. The second-order valence-electron chi connectivity index (χ2n) is 5.34. The first-order valence-corrected chi connectivity index (χ1v) is 7.13. The molecule has 0 saturated carbocycles. The lowest BCUT2D eigenvalue weighted by atomic mass is 10.1. The molecule has 0 spiro atoms. The minimum Gasteiger partial charge on any atom is -0.317 e. The summed E-state index contributed by atoms with van der Waals surface area (Å²) in [6.07, 6.45) is 1.01. The van der Waals surface area contributed by atoms with Crippen LogP contribution in [-0.4, -0.2) is 48.6 Å². The van der Waals surface area contributed by atoms with E-state index in [0.29, 0.717) is 12.6 Å². The summed E-state index contributed by atoms with van der Waals surface area (Å²) in [6.45, 7) is 15.3. The molecule has 1 aromatic carbocycles. The van der Waals surface area contributed by atoms with Gasteiger partial charge in [-0.25, -0.2) is 6.57 Å². The zero-order valence-corrected chi connectivity index (χ0v) is 11.8. The lowest BCUT2D eigenvalue weighted by Gasteiger charge is -2.39. The van der Waals surface area contributed by atoms with Crippen LogP contribution in [0.5, 0.6) is 0 Å². The van der Waals surface area contributed by atoms with E-state index in [1.807, 2.05) is 0 Å². The van der Waals surface area contributed by atoms with E-state index >= 15 is 0 Å².